The standard InChI is InChI=1S/C16H33NO3S/c1-2-3-4-5-6-7-8-9-10-11-12-13-14-15-16(18)17-21(19)20/h2-15H2,1H3,(H,17,18)(H,19,20)/p-1. The molecule has 1 unspecified atom stereocenters. The Labute approximate surface area is 132 Å². The molecular weight excluding hydrogens is 286 g/mol. The van der Waals surface area contributed by atoms with Crippen molar-refractivity contribution in [2.45, 2.75) is 96.8 Å². The van der Waals surface area contributed by atoms with Crippen LogP contribution in [0.4, 0.5) is 0 Å². The monoisotopic (exact) mass is 318 g/mol. The van der Waals surface area contributed by atoms with Crippen LogP contribution >= 0.6 is 0 Å². The predicted octanol–water partition coefficient (Wildman–Crippen LogP) is 4.38. The quantitative estimate of drug-likeness (QED) is 0.360. The lowest BCUT2D eigenvalue weighted by molar-refractivity contribution is -0.119. The van der Waals surface area contributed by atoms with Crippen molar-refractivity contribution >= 4 is 17.2 Å². The second kappa shape index (κ2) is 16.0. The van der Waals surface area contributed by atoms with E-state index in [9.17, 15) is 13.6 Å². The molecule has 0 aromatic rings. The summed E-state index contributed by atoms with van der Waals surface area (Å²) < 4.78 is 22.3. The lowest BCUT2D eigenvalue weighted by Crippen LogP contribution is -2.24. The van der Waals surface area contributed by atoms with Crippen LogP contribution in [0.25, 0.3) is 0 Å². The highest BCUT2D eigenvalue weighted by Gasteiger charge is 2.00. The van der Waals surface area contributed by atoms with Gasteiger partial charge < -0.3 is 4.55 Å². The molecule has 5 heteroatoms. The summed E-state index contributed by atoms with van der Waals surface area (Å²) in [4.78, 5) is 11.1. The van der Waals surface area contributed by atoms with E-state index < -0.39 is 17.2 Å². The fraction of sp³-hybridized carbons (Fsp3) is 0.938. The van der Waals surface area contributed by atoms with Crippen molar-refractivity contribution in [1.29, 1.82) is 0 Å². The number of hydrogen-bond donors (Lipinski definition) is 1. The summed E-state index contributed by atoms with van der Waals surface area (Å²) in [6.45, 7) is 2.25. The van der Waals surface area contributed by atoms with Gasteiger partial charge in [-0.2, -0.15) is 0 Å². The molecule has 0 saturated carbocycles. The first-order valence-electron chi connectivity index (χ1n) is 8.55. The van der Waals surface area contributed by atoms with Gasteiger partial charge in [0, 0.05) is 17.7 Å². The number of nitrogens with one attached hydrogen (secondary N) is 1. The topological polar surface area (TPSA) is 69.2 Å². The van der Waals surface area contributed by atoms with E-state index in [1.165, 1.54) is 64.2 Å². The molecule has 0 fully saturated rings. The van der Waals surface area contributed by atoms with Crippen molar-refractivity contribution in [1.82, 2.24) is 4.72 Å². The van der Waals surface area contributed by atoms with Gasteiger partial charge in [0.15, 0.2) is 0 Å². The first-order valence-corrected chi connectivity index (χ1v) is 9.63. The minimum Gasteiger partial charge on any atom is -0.755 e. The lowest BCUT2D eigenvalue weighted by Gasteiger charge is -2.06. The van der Waals surface area contributed by atoms with E-state index in [-0.39, 0.29) is 0 Å². The van der Waals surface area contributed by atoms with Gasteiger partial charge in [-0.25, -0.2) is 0 Å². The highest BCUT2D eigenvalue weighted by atomic mass is 32.2. The summed E-state index contributed by atoms with van der Waals surface area (Å²) in [6, 6.07) is 0. The van der Waals surface area contributed by atoms with Crippen molar-refractivity contribution in [2.24, 2.45) is 0 Å². The van der Waals surface area contributed by atoms with E-state index in [2.05, 4.69) is 6.92 Å². The van der Waals surface area contributed by atoms with Crippen molar-refractivity contribution in [3.8, 4) is 0 Å². The molecule has 0 aliphatic rings. The number of unbranched alkanes of at least 4 members (excludes halogenated alkanes) is 12. The minimum absolute atomic E-state index is 0.311. The third-order valence-corrected chi connectivity index (χ3v) is 4.10. The summed E-state index contributed by atoms with van der Waals surface area (Å²) in [5, 5.41) is 0. The van der Waals surface area contributed by atoms with Gasteiger partial charge in [0.05, 0.1) is 0 Å². The van der Waals surface area contributed by atoms with Gasteiger partial charge in [0.2, 0.25) is 5.91 Å². The third kappa shape index (κ3) is 17.5. The highest BCUT2D eigenvalue weighted by molar-refractivity contribution is 7.77. The Kier molecular flexibility index (Phi) is 15.6. The van der Waals surface area contributed by atoms with Crippen LogP contribution in [-0.4, -0.2) is 14.7 Å². The average Bonchev–Trinajstić information content (AvgIpc) is 2.43. The van der Waals surface area contributed by atoms with Crippen LogP contribution in [0.3, 0.4) is 0 Å². The molecule has 0 saturated heterocycles. The molecule has 1 atom stereocenters. The van der Waals surface area contributed by atoms with Crippen LogP contribution in [-0.2, 0) is 16.1 Å². The van der Waals surface area contributed by atoms with Crippen LogP contribution in [0, 0.1) is 0 Å². The van der Waals surface area contributed by atoms with E-state index in [0.29, 0.717) is 6.42 Å². The molecule has 1 amide bonds. The van der Waals surface area contributed by atoms with E-state index in [1.807, 2.05) is 4.72 Å². The molecule has 0 radical (unpaired) electrons. The van der Waals surface area contributed by atoms with Gasteiger partial charge in [-0.15, -0.1) is 0 Å². The molecule has 0 aromatic carbocycles. The number of rotatable bonds is 15. The van der Waals surface area contributed by atoms with E-state index in [4.69, 9.17) is 0 Å². The van der Waals surface area contributed by atoms with Crippen molar-refractivity contribution in [2.75, 3.05) is 0 Å². The molecular formula is C16H32NO3S-. The molecule has 0 heterocycles. The highest BCUT2D eigenvalue weighted by Crippen LogP contribution is 2.12. The molecule has 4 nitrogen and oxygen atoms in total. The number of carbonyl (C=O) groups is 1. The maximum atomic E-state index is 11.1. The molecule has 126 valence electrons. The molecule has 1 N–H and O–H groups in total. The second-order valence-electron chi connectivity index (χ2n) is 5.75. The Morgan fingerprint density at radius 1 is 0.810 bits per heavy atom. The normalized spacial score (nSPS) is 12.3. The molecule has 0 aliphatic heterocycles. The predicted molar refractivity (Wildman–Crippen MR) is 87.4 cm³/mol. The molecule has 0 spiro atoms. The minimum atomic E-state index is -2.46. The van der Waals surface area contributed by atoms with Gasteiger partial charge in [0.25, 0.3) is 0 Å². The Morgan fingerprint density at radius 2 is 1.19 bits per heavy atom. The third-order valence-electron chi connectivity index (χ3n) is 3.70. The van der Waals surface area contributed by atoms with Crippen molar-refractivity contribution < 1.29 is 13.6 Å². The van der Waals surface area contributed by atoms with E-state index in [1.54, 1.807) is 0 Å². The van der Waals surface area contributed by atoms with Crippen LogP contribution in [0.1, 0.15) is 96.8 Å². The summed E-state index contributed by atoms with van der Waals surface area (Å²) >= 11 is -2.46. The van der Waals surface area contributed by atoms with Crippen LogP contribution in [0.2, 0.25) is 0 Å². The Morgan fingerprint density at radius 3 is 1.57 bits per heavy atom. The smallest absolute Gasteiger partial charge is 0.230 e. The fourth-order valence-corrected chi connectivity index (χ4v) is 2.74. The summed E-state index contributed by atoms with van der Waals surface area (Å²) in [6.07, 6.45) is 16.7. The zero-order chi connectivity index (χ0) is 15.8. The maximum absolute atomic E-state index is 11.1. The largest absolute Gasteiger partial charge is 0.755 e. The van der Waals surface area contributed by atoms with Crippen molar-refractivity contribution in [3.05, 3.63) is 0 Å². The Hall–Kier alpha value is -0.420. The summed E-state index contributed by atoms with van der Waals surface area (Å²) in [5.41, 5.74) is 0. The van der Waals surface area contributed by atoms with E-state index in [0.717, 1.165) is 19.3 Å². The van der Waals surface area contributed by atoms with Gasteiger partial charge in [-0.1, -0.05) is 84.0 Å². The fourth-order valence-electron chi connectivity index (χ4n) is 2.45. The average molecular weight is 319 g/mol. The first kappa shape index (κ1) is 20.6. The number of amides is 1. The number of carbonyl (C=O) groups excluding carboxylic acids is 1. The van der Waals surface area contributed by atoms with E-state index >= 15 is 0 Å². The first-order chi connectivity index (χ1) is 10.2. The molecule has 0 aliphatic carbocycles. The molecule has 0 rings (SSSR count). The SMILES string of the molecule is CCCCCCCCCCCCCCCC(=O)NS(=O)[O-]. The second-order valence-corrected chi connectivity index (χ2v) is 6.43. The van der Waals surface area contributed by atoms with Crippen molar-refractivity contribution in [3.63, 3.8) is 0 Å². The van der Waals surface area contributed by atoms with Gasteiger partial charge in [-0.05, 0) is 6.42 Å². The Bertz CT molecular complexity index is 272. The molecule has 0 bridgehead atoms. The van der Waals surface area contributed by atoms with Crippen LogP contribution in [0.15, 0.2) is 0 Å². The molecule has 0 aromatic heterocycles. The van der Waals surface area contributed by atoms with Gasteiger partial charge >= 0.3 is 0 Å². The number of hydrogen-bond acceptors (Lipinski definition) is 3. The van der Waals surface area contributed by atoms with Crippen LogP contribution in [0.5, 0.6) is 0 Å². The summed E-state index contributed by atoms with van der Waals surface area (Å²) in [7, 11) is 0. The van der Waals surface area contributed by atoms with Crippen LogP contribution < -0.4 is 4.72 Å². The Balaban J connectivity index is 3.09. The zero-order valence-electron chi connectivity index (χ0n) is 13.5. The lowest BCUT2D eigenvalue weighted by atomic mass is 10.0. The summed E-state index contributed by atoms with van der Waals surface area (Å²) in [5.74, 6) is -0.397. The van der Waals surface area contributed by atoms with Gasteiger partial charge in [0.1, 0.15) is 0 Å². The zero-order valence-corrected chi connectivity index (χ0v) is 14.3. The maximum Gasteiger partial charge on any atom is 0.230 e. The van der Waals surface area contributed by atoms with Gasteiger partial charge in [-0.3, -0.25) is 13.7 Å². The molecule has 21 heavy (non-hydrogen) atoms.